The number of hydrogen-bond donors (Lipinski definition) is 3. The lowest BCUT2D eigenvalue weighted by molar-refractivity contribution is -0.140. The van der Waals surface area contributed by atoms with E-state index >= 15 is 0 Å². The Hall–Kier alpha value is -2.53. The zero-order valence-corrected chi connectivity index (χ0v) is 31.5. The highest BCUT2D eigenvalue weighted by Gasteiger charge is 2.11. The van der Waals surface area contributed by atoms with Crippen molar-refractivity contribution in [2.24, 2.45) is 17.8 Å². The van der Waals surface area contributed by atoms with Crippen LogP contribution in [-0.4, -0.2) is 102 Å². The third-order valence-corrected chi connectivity index (χ3v) is 9.08. The van der Waals surface area contributed by atoms with Crippen molar-refractivity contribution in [2.45, 2.75) is 97.8 Å². The van der Waals surface area contributed by atoms with Crippen LogP contribution in [0.4, 0.5) is 0 Å². The van der Waals surface area contributed by atoms with E-state index in [0.29, 0.717) is 37.6 Å². The second-order valence-electron chi connectivity index (χ2n) is 12.9. The molecule has 0 bridgehead atoms. The summed E-state index contributed by atoms with van der Waals surface area (Å²) >= 11 is 0. The molecule has 3 unspecified atom stereocenters. The van der Waals surface area contributed by atoms with Crippen molar-refractivity contribution >= 4 is 17.9 Å². The summed E-state index contributed by atoms with van der Waals surface area (Å²) in [6.07, 6.45) is 16.6. The lowest BCUT2D eigenvalue weighted by atomic mass is 10.0. The summed E-state index contributed by atoms with van der Waals surface area (Å²) in [6.45, 7) is 27.1. The largest absolute Gasteiger partial charge is 0.462 e. The molecule has 3 N–H and O–H groups in total. The second kappa shape index (κ2) is 33.9. The van der Waals surface area contributed by atoms with Crippen LogP contribution in [0.3, 0.4) is 0 Å². The number of carbonyl (C=O) groups excluding carboxylic acids is 3. The Kier molecular flexibility index (Phi) is 32.2. The SMILES string of the molecule is C=CC(=O)OCC(CC)CCCCNCCN(CCNCCCCC(CC)COC(=O)C=C)CCNCCCCC(CC)COC(=O)C=C. The van der Waals surface area contributed by atoms with Crippen LogP contribution < -0.4 is 16.0 Å². The van der Waals surface area contributed by atoms with Crippen LogP contribution in [0.5, 0.6) is 0 Å². The number of ether oxygens (including phenoxy) is 3. The molecule has 0 aromatic rings. The van der Waals surface area contributed by atoms with E-state index in [4.69, 9.17) is 14.2 Å². The van der Waals surface area contributed by atoms with Crippen LogP contribution in [0.2, 0.25) is 0 Å². The van der Waals surface area contributed by atoms with E-state index < -0.39 is 0 Å². The highest BCUT2D eigenvalue weighted by atomic mass is 16.5. The standard InChI is InChI=1S/C39H72N4O6/c1-7-34(31-47-37(44)10-4)19-13-16-22-40-25-28-43(29-26-41-23-17-14-20-35(8-2)32-48-38(45)11-5)30-27-42-24-18-15-21-36(9-3)33-49-39(46)12-6/h10-12,34-36,40-42H,4-9,13-33H2,1-3H3. The molecule has 0 rings (SSSR count). The minimum Gasteiger partial charge on any atom is -0.462 e. The van der Waals surface area contributed by atoms with Gasteiger partial charge in [-0.2, -0.15) is 0 Å². The highest BCUT2D eigenvalue weighted by molar-refractivity contribution is 5.81. The van der Waals surface area contributed by atoms with Gasteiger partial charge >= 0.3 is 17.9 Å². The topological polar surface area (TPSA) is 118 Å². The number of carbonyl (C=O) groups is 3. The van der Waals surface area contributed by atoms with Gasteiger partial charge in [0.15, 0.2) is 0 Å². The van der Waals surface area contributed by atoms with Gasteiger partial charge in [0.2, 0.25) is 0 Å². The average molecular weight is 693 g/mol. The minimum absolute atomic E-state index is 0.341. The Bertz CT molecular complexity index is 761. The molecule has 0 heterocycles. The first kappa shape index (κ1) is 46.5. The maximum absolute atomic E-state index is 11.3. The van der Waals surface area contributed by atoms with Gasteiger partial charge in [0, 0.05) is 57.5 Å². The van der Waals surface area contributed by atoms with Gasteiger partial charge in [-0.25, -0.2) is 14.4 Å². The predicted octanol–water partition coefficient (Wildman–Crippen LogP) is 5.83. The maximum Gasteiger partial charge on any atom is 0.330 e. The number of nitrogens with one attached hydrogen (secondary N) is 3. The number of nitrogens with zero attached hydrogens (tertiary/aromatic N) is 1. The molecule has 0 saturated carbocycles. The average Bonchev–Trinajstić information content (AvgIpc) is 3.12. The number of hydrogen-bond acceptors (Lipinski definition) is 10. The van der Waals surface area contributed by atoms with Gasteiger partial charge in [0.25, 0.3) is 0 Å². The summed E-state index contributed by atoms with van der Waals surface area (Å²) in [7, 11) is 0. The van der Waals surface area contributed by atoms with Crippen LogP contribution in [-0.2, 0) is 28.6 Å². The van der Waals surface area contributed by atoms with E-state index in [2.05, 4.69) is 61.4 Å². The van der Waals surface area contributed by atoms with E-state index in [9.17, 15) is 14.4 Å². The van der Waals surface area contributed by atoms with Crippen LogP contribution in [0, 0.1) is 17.8 Å². The zero-order chi connectivity index (χ0) is 36.4. The smallest absolute Gasteiger partial charge is 0.330 e. The fourth-order valence-electron chi connectivity index (χ4n) is 5.46. The molecule has 0 aliphatic rings. The van der Waals surface area contributed by atoms with Crippen molar-refractivity contribution in [3.63, 3.8) is 0 Å². The molecule has 0 aliphatic heterocycles. The van der Waals surface area contributed by atoms with Gasteiger partial charge in [-0.05, 0) is 75.9 Å². The Morgan fingerprint density at radius 2 is 0.796 bits per heavy atom. The van der Waals surface area contributed by atoms with Crippen LogP contribution in [0.15, 0.2) is 38.0 Å². The van der Waals surface area contributed by atoms with Crippen molar-refractivity contribution in [3.05, 3.63) is 38.0 Å². The van der Waals surface area contributed by atoms with Crippen molar-refractivity contribution in [2.75, 3.05) is 78.7 Å². The highest BCUT2D eigenvalue weighted by Crippen LogP contribution is 2.15. The molecule has 0 fully saturated rings. The van der Waals surface area contributed by atoms with Crippen LogP contribution in [0.1, 0.15) is 97.8 Å². The molecule has 0 saturated heterocycles. The summed E-state index contributed by atoms with van der Waals surface area (Å²) in [5, 5.41) is 10.9. The molecule has 10 heteroatoms. The Morgan fingerprint density at radius 1 is 0.510 bits per heavy atom. The summed E-state index contributed by atoms with van der Waals surface area (Å²) in [5.41, 5.74) is 0. The first-order chi connectivity index (χ1) is 23.8. The van der Waals surface area contributed by atoms with Crippen molar-refractivity contribution in [1.29, 1.82) is 0 Å². The number of unbranched alkanes of at least 4 members (excludes halogenated alkanes) is 3. The van der Waals surface area contributed by atoms with E-state index in [1.54, 1.807) is 0 Å². The van der Waals surface area contributed by atoms with E-state index in [0.717, 1.165) is 136 Å². The monoisotopic (exact) mass is 693 g/mol. The maximum atomic E-state index is 11.3. The summed E-state index contributed by atoms with van der Waals surface area (Å²) < 4.78 is 15.7. The van der Waals surface area contributed by atoms with E-state index in [1.165, 1.54) is 18.2 Å². The molecule has 3 atom stereocenters. The Labute approximate surface area is 299 Å². The molecule has 0 aromatic heterocycles. The van der Waals surface area contributed by atoms with Crippen molar-refractivity contribution in [1.82, 2.24) is 20.9 Å². The van der Waals surface area contributed by atoms with Crippen molar-refractivity contribution < 1.29 is 28.6 Å². The van der Waals surface area contributed by atoms with Gasteiger partial charge in [0.1, 0.15) is 0 Å². The molecule has 0 amide bonds. The lowest BCUT2D eigenvalue weighted by Crippen LogP contribution is -2.41. The van der Waals surface area contributed by atoms with Gasteiger partial charge in [-0.15, -0.1) is 0 Å². The number of rotatable bonds is 36. The summed E-state index contributed by atoms with van der Waals surface area (Å²) in [4.78, 5) is 36.6. The zero-order valence-electron chi connectivity index (χ0n) is 31.5. The summed E-state index contributed by atoms with van der Waals surface area (Å²) in [6, 6.07) is 0. The van der Waals surface area contributed by atoms with E-state index in [-0.39, 0.29) is 17.9 Å². The molecule has 10 nitrogen and oxygen atoms in total. The molecule has 0 aromatic carbocycles. The fraction of sp³-hybridized carbons (Fsp3) is 0.769. The second-order valence-corrected chi connectivity index (χ2v) is 12.9. The third-order valence-electron chi connectivity index (χ3n) is 9.08. The van der Waals surface area contributed by atoms with Gasteiger partial charge in [-0.3, -0.25) is 4.90 Å². The molecule has 0 aliphatic carbocycles. The predicted molar refractivity (Wildman–Crippen MR) is 201 cm³/mol. The van der Waals surface area contributed by atoms with Gasteiger partial charge in [-0.1, -0.05) is 79.0 Å². The molecular formula is C39H72N4O6. The quantitative estimate of drug-likeness (QED) is 0.0320. The Balaban J connectivity index is 4.41. The van der Waals surface area contributed by atoms with Crippen LogP contribution >= 0.6 is 0 Å². The third kappa shape index (κ3) is 29.0. The number of esters is 3. The normalized spacial score (nSPS) is 13.0. The molecular weight excluding hydrogens is 620 g/mol. The molecule has 49 heavy (non-hydrogen) atoms. The van der Waals surface area contributed by atoms with Gasteiger partial charge in [0.05, 0.1) is 19.8 Å². The Morgan fingerprint density at radius 3 is 1.04 bits per heavy atom. The van der Waals surface area contributed by atoms with Gasteiger partial charge < -0.3 is 30.2 Å². The molecule has 0 spiro atoms. The van der Waals surface area contributed by atoms with Crippen molar-refractivity contribution in [3.8, 4) is 0 Å². The first-order valence-corrected chi connectivity index (χ1v) is 19.0. The lowest BCUT2D eigenvalue weighted by Gasteiger charge is -2.23. The van der Waals surface area contributed by atoms with E-state index in [1.807, 2.05) is 0 Å². The molecule has 0 radical (unpaired) electrons. The first-order valence-electron chi connectivity index (χ1n) is 19.0. The summed E-state index contributed by atoms with van der Waals surface area (Å²) in [5.74, 6) is 0.198. The molecule has 284 valence electrons. The van der Waals surface area contributed by atoms with Crippen LogP contribution in [0.25, 0.3) is 0 Å². The minimum atomic E-state index is -0.341. The fourth-order valence-corrected chi connectivity index (χ4v) is 5.46.